The van der Waals surface area contributed by atoms with Crippen LogP contribution in [0.2, 0.25) is 0 Å². The molecule has 0 radical (unpaired) electrons. The predicted octanol–water partition coefficient (Wildman–Crippen LogP) is 2.47. The standard InChI is InChI=1S/C17H21NO3S/c1-2-21-17(20)14-11-22-15-9-8-13(16(19)18(14)15)10-12-6-4-3-5-7-12/h3-7,13-15H,2,8-11H2,1H3/t13-,14?,15?/m0/s1. The van der Waals surface area contributed by atoms with E-state index < -0.39 is 6.04 Å². The van der Waals surface area contributed by atoms with Gasteiger partial charge in [0.1, 0.15) is 6.04 Å². The Morgan fingerprint density at radius 3 is 2.82 bits per heavy atom. The largest absolute Gasteiger partial charge is 0.464 e. The Hall–Kier alpha value is -1.49. The molecule has 2 unspecified atom stereocenters. The SMILES string of the molecule is CCOC(=O)C1CSC2CC[C@@H](Cc3ccccc3)C(=O)N21. The van der Waals surface area contributed by atoms with Gasteiger partial charge in [0.2, 0.25) is 5.91 Å². The quantitative estimate of drug-likeness (QED) is 0.800. The molecule has 1 aromatic rings. The molecular formula is C17H21NO3S. The first-order valence-electron chi connectivity index (χ1n) is 7.85. The van der Waals surface area contributed by atoms with Crippen molar-refractivity contribution < 1.29 is 14.3 Å². The second kappa shape index (κ2) is 6.73. The Balaban J connectivity index is 1.72. The van der Waals surface area contributed by atoms with E-state index in [9.17, 15) is 9.59 Å². The zero-order valence-corrected chi connectivity index (χ0v) is 13.6. The van der Waals surface area contributed by atoms with Gasteiger partial charge in [-0.25, -0.2) is 4.79 Å². The van der Waals surface area contributed by atoms with Crippen LogP contribution in [0, 0.1) is 5.92 Å². The number of thioether (sulfide) groups is 1. The lowest BCUT2D eigenvalue weighted by molar-refractivity contribution is -0.156. The van der Waals surface area contributed by atoms with Gasteiger partial charge in [0.05, 0.1) is 12.0 Å². The molecule has 2 fully saturated rings. The Morgan fingerprint density at radius 1 is 1.32 bits per heavy atom. The van der Waals surface area contributed by atoms with Crippen LogP contribution in [0.15, 0.2) is 30.3 Å². The molecule has 0 aromatic heterocycles. The lowest BCUT2D eigenvalue weighted by Crippen LogP contribution is -2.51. The third-order valence-corrected chi connectivity index (χ3v) is 5.70. The number of amides is 1. The molecule has 2 aliphatic heterocycles. The average Bonchev–Trinajstić information content (AvgIpc) is 2.96. The van der Waals surface area contributed by atoms with Crippen LogP contribution in [0.1, 0.15) is 25.3 Å². The van der Waals surface area contributed by atoms with E-state index in [1.54, 1.807) is 23.6 Å². The van der Waals surface area contributed by atoms with E-state index in [1.807, 2.05) is 18.2 Å². The van der Waals surface area contributed by atoms with Crippen LogP contribution < -0.4 is 0 Å². The number of fused-ring (bicyclic) bond motifs is 1. The fraction of sp³-hybridized carbons (Fsp3) is 0.529. The summed E-state index contributed by atoms with van der Waals surface area (Å²) >= 11 is 1.70. The van der Waals surface area contributed by atoms with Crippen molar-refractivity contribution in [3.63, 3.8) is 0 Å². The summed E-state index contributed by atoms with van der Waals surface area (Å²) in [5, 5.41) is 0.147. The number of piperidine rings is 1. The number of rotatable bonds is 4. The number of ether oxygens (including phenoxy) is 1. The van der Waals surface area contributed by atoms with E-state index in [-0.39, 0.29) is 23.2 Å². The summed E-state index contributed by atoms with van der Waals surface area (Å²) in [4.78, 5) is 26.7. The molecule has 3 atom stereocenters. The third kappa shape index (κ3) is 3.00. The highest BCUT2D eigenvalue weighted by Crippen LogP contribution is 2.39. The van der Waals surface area contributed by atoms with Crippen LogP contribution in [-0.2, 0) is 20.7 Å². The fourth-order valence-corrected chi connectivity index (χ4v) is 4.68. The van der Waals surface area contributed by atoms with Gasteiger partial charge in [-0.1, -0.05) is 30.3 Å². The average molecular weight is 319 g/mol. The first kappa shape index (κ1) is 15.4. The van der Waals surface area contributed by atoms with Crippen LogP contribution in [0.4, 0.5) is 0 Å². The number of carbonyl (C=O) groups is 2. The van der Waals surface area contributed by atoms with Crippen molar-refractivity contribution in [2.45, 2.75) is 37.6 Å². The number of carbonyl (C=O) groups excluding carboxylic acids is 2. The van der Waals surface area contributed by atoms with E-state index in [0.29, 0.717) is 12.4 Å². The maximum absolute atomic E-state index is 12.8. The summed E-state index contributed by atoms with van der Waals surface area (Å²) in [7, 11) is 0. The van der Waals surface area contributed by atoms with Crippen molar-refractivity contribution in [3.8, 4) is 0 Å². The summed E-state index contributed by atoms with van der Waals surface area (Å²) in [5.41, 5.74) is 1.18. The summed E-state index contributed by atoms with van der Waals surface area (Å²) in [6.07, 6.45) is 2.62. The normalized spacial score (nSPS) is 27.6. The Morgan fingerprint density at radius 2 is 2.09 bits per heavy atom. The van der Waals surface area contributed by atoms with E-state index in [0.717, 1.165) is 19.3 Å². The molecule has 118 valence electrons. The molecule has 1 aromatic carbocycles. The van der Waals surface area contributed by atoms with Crippen LogP contribution in [-0.4, -0.2) is 40.6 Å². The molecule has 3 rings (SSSR count). The van der Waals surface area contributed by atoms with Gasteiger partial charge in [-0.2, -0.15) is 0 Å². The number of esters is 1. The van der Waals surface area contributed by atoms with Crippen LogP contribution >= 0.6 is 11.8 Å². The van der Waals surface area contributed by atoms with Gasteiger partial charge in [-0.15, -0.1) is 11.8 Å². The number of hydrogen-bond acceptors (Lipinski definition) is 4. The zero-order chi connectivity index (χ0) is 15.5. The molecule has 2 saturated heterocycles. The minimum atomic E-state index is -0.402. The van der Waals surface area contributed by atoms with Gasteiger partial charge in [0, 0.05) is 11.7 Å². The van der Waals surface area contributed by atoms with Gasteiger partial charge in [-0.3, -0.25) is 4.79 Å². The number of benzene rings is 1. The van der Waals surface area contributed by atoms with E-state index in [2.05, 4.69) is 12.1 Å². The van der Waals surface area contributed by atoms with Crippen molar-refractivity contribution in [1.82, 2.24) is 4.90 Å². The summed E-state index contributed by atoms with van der Waals surface area (Å²) in [5.74, 6) is 0.497. The second-order valence-corrected chi connectivity index (χ2v) is 6.98. The topological polar surface area (TPSA) is 46.6 Å². The molecule has 0 N–H and O–H groups in total. The first-order chi connectivity index (χ1) is 10.7. The summed E-state index contributed by atoms with van der Waals surface area (Å²) in [6, 6.07) is 9.69. The third-order valence-electron chi connectivity index (χ3n) is 4.34. The highest BCUT2D eigenvalue weighted by Gasteiger charge is 2.46. The van der Waals surface area contributed by atoms with Crippen molar-refractivity contribution >= 4 is 23.6 Å². The van der Waals surface area contributed by atoms with Crippen molar-refractivity contribution in [1.29, 1.82) is 0 Å². The molecule has 2 heterocycles. The van der Waals surface area contributed by atoms with Crippen LogP contribution in [0.3, 0.4) is 0 Å². The highest BCUT2D eigenvalue weighted by atomic mass is 32.2. The molecule has 0 bridgehead atoms. The van der Waals surface area contributed by atoms with Gasteiger partial charge in [0.15, 0.2) is 0 Å². The summed E-state index contributed by atoms with van der Waals surface area (Å²) in [6.45, 7) is 2.16. The molecule has 4 nitrogen and oxygen atoms in total. The summed E-state index contributed by atoms with van der Waals surface area (Å²) < 4.78 is 5.13. The number of hydrogen-bond donors (Lipinski definition) is 0. The van der Waals surface area contributed by atoms with Crippen molar-refractivity contribution in [2.24, 2.45) is 5.92 Å². The van der Waals surface area contributed by atoms with Crippen LogP contribution in [0.25, 0.3) is 0 Å². The minimum absolute atomic E-state index is 0.0192. The van der Waals surface area contributed by atoms with Crippen LogP contribution in [0.5, 0.6) is 0 Å². The second-order valence-electron chi connectivity index (χ2n) is 5.77. The van der Waals surface area contributed by atoms with Crippen molar-refractivity contribution in [3.05, 3.63) is 35.9 Å². The molecule has 0 saturated carbocycles. The maximum Gasteiger partial charge on any atom is 0.329 e. The Labute approximate surface area is 135 Å². The van der Waals surface area contributed by atoms with Gasteiger partial charge < -0.3 is 9.64 Å². The van der Waals surface area contributed by atoms with E-state index >= 15 is 0 Å². The predicted molar refractivity (Wildman–Crippen MR) is 86.4 cm³/mol. The molecule has 0 aliphatic carbocycles. The lowest BCUT2D eigenvalue weighted by atomic mass is 9.89. The van der Waals surface area contributed by atoms with E-state index in [1.165, 1.54) is 5.56 Å². The highest BCUT2D eigenvalue weighted by molar-refractivity contribution is 8.00. The Bertz CT molecular complexity index is 548. The first-order valence-corrected chi connectivity index (χ1v) is 8.90. The zero-order valence-electron chi connectivity index (χ0n) is 12.7. The minimum Gasteiger partial charge on any atom is -0.464 e. The molecule has 22 heavy (non-hydrogen) atoms. The molecule has 1 amide bonds. The monoisotopic (exact) mass is 319 g/mol. The van der Waals surface area contributed by atoms with Gasteiger partial charge in [0.25, 0.3) is 0 Å². The van der Waals surface area contributed by atoms with Crippen molar-refractivity contribution in [2.75, 3.05) is 12.4 Å². The molecular weight excluding hydrogens is 298 g/mol. The smallest absolute Gasteiger partial charge is 0.329 e. The van der Waals surface area contributed by atoms with E-state index in [4.69, 9.17) is 4.74 Å². The molecule has 0 spiro atoms. The molecule has 5 heteroatoms. The Kier molecular flexibility index (Phi) is 4.71. The van der Waals surface area contributed by atoms with Gasteiger partial charge in [-0.05, 0) is 31.7 Å². The van der Waals surface area contributed by atoms with Gasteiger partial charge >= 0.3 is 5.97 Å². The maximum atomic E-state index is 12.8. The molecule has 2 aliphatic rings. The lowest BCUT2D eigenvalue weighted by Gasteiger charge is -2.36. The fourth-order valence-electron chi connectivity index (χ4n) is 3.27. The number of nitrogens with zero attached hydrogens (tertiary/aromatic N) is 1.